The summed E-state index contributed by atoms with van der Waals surface area (Å²) in [5.74, 6) is 0.645. The number of nitrogens with one attached hydrogen (secondary N) is 3. The van der Waals surface area contributed by atoms with Crippen molar-refractivity contribution in [2.75, 3.05) is 6.54 Å². The molecule has 0 bridgehead atoms. The molecule has 0 amide bonds. The molecule has 6 rings (SSSR count). The lowest BCUT2D eigenvalue weighted by Crippen LogP contribution is -2.11. The Kier molecular flexibility index (Phi) is 5.08. The first-order chi connectivity index (χ1) is 16.8. The summed E-state index contributed by atoms with van der Waals surface area (Å²) in [5.41, 5.74) is 8.80. The van der Waals surface area contributed by atoms with Crippen molar-refractivity contribution in [2.24, 2.45) is 4.99 Å². The molecule has 3 N–H and O–H groups in total. The van der Waals surface area contributed by atoms with E-state index < -0.39 is 0 Å². The number of aromatic amines is 2. The second kappa shape index (κ2) is 8.53. The van der Waals surface area contributed by atoms with Gasteiger partial charge >= 0.3 is 0 Å². The molecule has 1 aliphatic heterocycles. The van der Waals surface area contributed by atoms with E-state index in [1.165, 1.54) is 0 Å². The summed E-state index contributed by atoms with van der Waals surface area (Å²) < 4.78 is 5.29. The van der Waals surface area contributed by atoms with Crippen molar-refractivity contribution >= 4 is 22.8 Å². The van der Waals surface area contributed by atoms with Crippen molar-refractivity contribution < 1.29 is 4.42 Å². The van der Waals surface area contributed by atoms with Gasteiger partial charge in [0.15, 0.2) is 11.5 Å². The van der Waals surface area contributed by atoms with Crippen molar-refractivity contribution in [1.29, 1.82) is 0 Å². The van der Waals surface area contributed by atoms with Crippen LogP contribution in [-0.4, -0.2) is 42.9 Å². The standard InChI is InChI=1S/C25H22N8O/c1-2-26-10-15-9-17(12-28-11-15)19-3-4-20-23(29-19)24(33-32-20)25-30-21-13-27-7-5-18(22(21)31-25)16-6-8-34-14-16/h3-9,11-12,14,26H,2,10,13H2,1H3,(H,30,31)(H,32,33). The Hall–Kier alpha value is -4.37. The number of nitrogens with zero attached hydrogens (tertiary/aromatic N) is 5. The first-order valence-electron chi connectivity index (χ1n) is 11.1. The average molecular weight is 451 g/mol. The highest BCUT2D eigenvalue weighted by Crippen LogP contribution is 2.32. The number of allylic oxidation sites excluding steroid dienone is 1. The zero-order valence-electron chi connectivity index (χ0n) is 18.5. The molecule has 5 aromatic rings. The highest BCUT2D eigenvalue weighted by Gasteiger charge is 2.21. The fourth-order valence-corrected chi connectivity index (χ4v) is 4.08. The largest absolute Gasteiger partial charge is 0.472 e. The molecule has 0 fully saturated rings. The molecule has 168 valence electrons. The van der Waals surface area contributed by atoms with Crippen molar-refractivity contribution in [3.05, 3.63) is 77.8 Å². The van der Waals surface area contributed by atoms with Crippen LogP contribution in [-0.2, 0) is 13.1 Å². The second-order valence-electron chi connectivity index (χ2n) is 8.02. The number of hydrogen-bond donors (Lipinski definition) is 3. The molecule has 1 aliphatic rings. The average Bonchev–Trinajstić information content (AvgIpc) is 3.61. The molecular weight excluding hydrogens is 428 g/mol. The molecule has 0 atom stereocenters. The fourth-order valence-electron chi connectivity index (χ4n) is 4.08. The minimum absolute atomic E-state index is 0.505. The van der Waals surface area contributed by atoms with Gasteiger partial charge in [-0.1, -0.05) is 6.92 Å². The minimum atomic E-state index is 0.505. The van der Waals surface area contributed by atoms with Crippen LogP contribution in [0.4, 0.5) is 0 Å². The van der Waals surface area contributed by atoms with E-state index >= 15 is 0 Å². The number of aromatic nitrogens is 6. The summed E-state index contributed by atoms with van der Waals surface area (Å²) in [5, 5.41) is 10.9. The fraction of sp³-hybridized carbons (Fsp3) is 0.160. The zero-order valence-corrected chi connectivity index (χ0v) is 18.5. The number of aliphatic imine (C=N–C) groups is 1. The third-order valence-electron chi connectivity index (χ3n) is 5.76. The molecule has 0 aromatic carbocycles. The number of hydrogen-bond acceptors (Lipinski definition) is 7. The molecule has 0 saturated heterocycles. The molecule has 34 heavy (non-hydrogen) atoms. The van der Waals surface area contributed by atoms with E-state index in [1.54, 1.807) is 18.7 Å². The van der Waals surface area contributed by atoms with Gasteiger partial charge in [-0.25, -0.2) is 9.97 Å². The Morgan fingerprint density at radius 1 is 1.09 bits per heavy atom. The molecule has 0 saturated carbocycles. The van der Waals surface area contributed by atoms with Gasteiger partial charge in [-0.15, -0.1) is 0 Å². The SMILES string of the molecule is CCNCc1cncc(-c2ccc3[nH]nc(-c4nc5c([nH]4)CN=CC=C5c4ccoc4)c3n2)c1. The van der Waals surface area contributed by atoms with Gasteiger partial charge in [0, 0.05) is 41.9 Å². The van der Waals surface area contributed by atoms with E-state index in [4.69, 9.17) is 14.4 Å². The maximum Gasteiger partial charge on any atom is 0.161 e. The maximum atomic E-state index is 5.29. The first-order valence-corrected chi connectivity index (χ1v) is 11.1. The Labute approximate surface area is 195 Å². The van der Waals surface area contributed by atoms with Crippen molar-refractivity contribution in [3.63, 3.8) is 0 Å². The summed E-state index contributed by atoms with van der Waals surface area (Å²) in [4.78, 5) is 22.1. The summed E-state index contributed by atoms with van der Waals surface area (Å²) in [7, 11) is 0. The lowest BCUT2D eigenvalue weighted by atomic mass is 10.0. The Bertz CT molecular complexity index is 1520. The van der Waals surface area contributed by atoms with Gasteiger partial charge in [0.1, 0.15) is 5.52 Å². The predicted octanol–water partition coefficient (Wildman–Crippen LogP) is 4.13. The van der Waals surface area contributed by atoms with Gasteiger partial charge in [0.05, 0.1) is 41.7 Å². The maximum absolute atomic E-state index is 5.29. The number of rotatable bonds is 6. The van der Waals surface area contributed by atoms with Crippen molar-refractivity contribution in [3.8, 4) is 22.8 Å². The molecule has 0 aliphatic carbocycles. The van der Waals surface area contributed by atoms with Crippen LogP contribution in [0, 0.1) is 0 Å². The summed E-state index contributed by atoms with van der Waals surface area (Å²) in [6.45, 7) is 4.26. The van der Waals surface area contributed by atoms with E-state index in [-0.39, 0.29) is 0 Å². The van der Waals surface area contributed by atoms with Crippen LogP contribution in [0.2, 0.25) is 0 Å². The number of fused-ring (bicyclic) bond motifs is 2. The number of furan rings is 1. The molecule has 6 heterocycles. The van der Waals surface area contributed by atoms with E-state index in [0.29, 0.717) is 18.1 Å². The first kappa shape index (κ1) is 20.3. The van der Waals surface area contributed by atoms with Crippen LogP contribution in [0.15, 0.2) is 64.7 Å². The van der Waals surface area contributed by atoms with Crippen LogP contribution < -0.4 is 5.32 Å². The van der Waals surface area contributed by atoms with Crippen LogP contribution in [0.5, 0.6) is 0 Å². The smallest absolute Gasteiger partial charge is 0.161 e. The van der Waals surface area contributed by atoms with Crippen LogP contribution in [0.25, 0.3) is 39.4 Å². The topological polar surface area (TPSA) is 121 Å². The predicted molar refractivity (Wildman–Crippen MR) is 130 cm³/mol. The lowest BCUT2D eigenvalue weighted by molar-refractivity contribution is 0.566. The third-order valence-corrected chi connectivity index (χ3v) is 5.76. The lowest BCUT2D eigenvalue weighted by Gasteiger charge is -2.05. The van der Waals surface area contributed by atoms with E-state index in [1.807, 2.05) is 36.7 Å². The Balaban J connectivity index is 1.41. The van der Waals surface area contributed by atoms with E-state index in [9.17, 15) is 0 Å². The van der Waals surface area contributed by atoms with Gasteiger partial charge in [0.2, 0.25) is 0 Å². The normalized spacial score (nSPS) is 13.1. The second-order valence-corrected chi connectivity index (χ2v) is 8.02. The Morgan fingerprint density at radius 2 is 2.06 bits per heavy atom. The monoisotopic (exact) mass is 450 g/mol. The van der Waals surface area contributed by atoms with Gasteiger partial charge in [-0.2, -0.15) is 5.10 Å². The molecule has 0 unspecified atom stereocenters. The summed E-state index contributed by atoms with van der Waals surface area (Å²) >= 11 is 0. The molecule has 9 heteroatoms. The quantitative estimate of drug-likeness (QED) is 0.358. The molecule has 9 nitrogen and oxygen atoms in total. The summed E-state index contributed by atoms with van der Waals surface area (Å²) in [6.07, 6.45) is 10.8. The van der Waals surface area contributed by atoms with Gasteiger partial charge < -0.3 is 14.7 Å². The van der Waals surface area contributed by atoms with Gasteiger partial charge in [-0.05, 0) is 42.4 Å². The van der Waals surface area contributed by atoms with Gasteiger partial charge in [0.25, 0.3) is 0 Å². The highest BCUT2D eigenvalue weighted by molar-refractivity contribution is 5.93. The molecule has 0 radical (unpaired) electrons. The highest BCUT2D eigenvalue weighted by atomic mass is 16.3. The van der Waals surface area contributed by atoms with Gasteiger partial charge in [-0.3, -0.25) is 15.1 Å². The molecule has 0 spiro atoms. The zero-order chi connectivity index (χ0) is 22.9. The van der Waals surface area contributed by atoms with E-state index in [0.717, 1.165) is 63.5 Å². The summed E-state index contributed by atoms with van der Waals surface area (Å²) in [6, 6.07) is 7.99. The van der Waals surface area contributed by atoms with Crippen molar-refractivity contribution in [1.82, 2.24) is 35.5 Å². The van der Waals surface area contributed by atoms with Crippen LogP contribution in [0.3, 0.4) is 0 Å². The number of H-pyrrole nitrogens is 2. The van der Waals surface area contributed by atoms with E-state index in [2.05, 4.69) is 43.5 Å². The van der Waals surface area contributed by atoms with Crippen molar-refractivity contribution in [2.45, 2.75) is 20.0 Å². The minimum Gasteiger partial charge on any atom is -0.472 e. The number of imidazole rings is 1. The van der Waals surface area contributed by atoms with Crippen LogP contribution >= 0.6 is 0 Å². The van der Waals surface area contributed by atoms with Crippen LogP contribution in [0.1, 0.15) is 29.4 Å². The number of pyridine rings is 2. The molecular formula is C25H22N8O. The molecule has 5 aromatic heterocycles. The third kappa shape index (κ3) is 3.61. The Morgan fingerprint density at radius 3 is 2.94 bits per heavy atom.